The summed E-state index contributed by atoms with van der Waals surface area (Å²) in [5.41, 5.74) is 4.05. The van der Waals surface area contributed by atoms with Gasteiger partial charge in [0.25, 0.3) is 5.91 Å². The smallest absolute Gasteiger partial charge is 0.276 e. The Kier molecular flexibility index (Phi) is 4.24. The minimum atomic E-state index is -0.220. The first kappa shape index (κ1) is 16.9. The Bertz CT molecular complexity index is 1000. The summed E-state index contributed by atoms with van der Waals surface area (Å²) in [4.78, 5) is 19.5. The largest absolute Gasteiger partial charge is 0.485 e. The first-order chi connectivity index (χ1) is 13.8. The van der Waals surface area contributed by atoms with Gasteiger partial charge in [0.05, 0.1) is 11.4 Å². The molecule has 2 aromatic carbocycles. The zero-order valence-corrected chi connectivity index (χ0v) is 15.6. The number of carbonyl (C=O) groups excluding carboxylic acids is 1. The van der Waals surface area contributed by atoms with Gasteiger partial charge in [-0.1, -0.05) is 12.1 Å². The maximum absolute atomic E-state index is 12.8. The molecule has 0 spiro atoms. The standard InChI is InChI=1S/C22H22N4O2/c27-22(24-16-8-10-17(11-9-16)25-12-4-1-5-13-25)21-19-14-28-20-7-3-2-6-18(20)26(19)15-23-21/h2-3,6-11,15H,1,4-5,12-14H2,(H,24,27). The van der Waals surface area contributed by atoms with Gasteiger partial charge in [-0.05, 0) is 55.7 Å². The van der Waals surface area contributed by atoms with E-state index in [2.05, 4.69) is 27.3 Å². The molecule has 2 aliphatic rings. The maximum atomic E-state index is 12.8. The number of para-hydroxylation sites is 2. The fourth-order valence-corrected chi connectivity index (χ4v) is 3.93. The predicted octanol–water partition coefficient (Wildman–Crippen LogP) is 4.01. The predicted molar refractivity (Wildman–Crippen MR) is 108 cm³/mol. The molecule has 5 rings (SSSR count). The van der Waals surface area contributed by atoms with Gasteiger partial charge >= 0.3 is 0 Å². The molecule has 6 nitrogen and oxygen atoms in total. The SMILES string of the molecule is O=C(Nc1ccc(N2CCCCC2)cc1)c1ncn2c1COc1ccccc1-2. The molecule has 1 N–H and O–H groups in total. The number of rotatable bonds is 3. The third-order valence-electron chi connectivity index (χ3n) is 5.42. The van der Waals surface area contributed by atoms with Crippen molar-refractivity contribution in [3.05, 3.63) is 66.2 Å². The lowest BCUT2D eigenvalue weighted by Gasteiger charge is -2.28. The molecule has 6 heteroatoms. The number of imidazole rings is 1. The molecule has 0 radical (unpaired) electrons. The third-order valence-corrected chi connectivity index (χ3v) is 5.42. The summed E-state index contributed by atoms with van der Waals surface area (Å²) < 4.78 is 7.71. The van der Waals surface area contributed by atoms with Crippen LogP contribution in [0.2, 0.25) is 0 Å². The summed E-state index contributed by atoms with van der Waals surface area (Å²) in [6.07, 6.45) is 5.49. The summed E-state index contributed by atoms with van der Waals surface area (Å²) in [6, 6.07) is 15.8. The number of aromatic nitrogens is 2. The van der Waals surface area contributed by atoms with Crippen LogP contribution >= 0.6 is 0 Å². The van der Waals surface area contributed by atoms with Crippen LogP contribution in [0, 0.1) is 0 Å². The van der Waals surface area contributed by atoms with Crippen LogP contribution in [-0.4, -0.2) is 28.5 Å². The molecule has 0 aliphatic carbocycles. The average Bonchev–Trinajstić information content (AvgIpc) is 3.20. The van der Waals surface area contributed by atoms with Gasteiger partial charge in [0.2, 0.25) is 0 Å². The third kappa shape index (κ3) is 3.01. The van der Waals surface area contributed by atoms with Crippen LogP contribution in [0.25, 0.3) is 5.69 Å². The number of hydrogen-bond donors (Lipinski definition) is 1. The molecule has 0 atom stereocenters. The number of nitrogens with zero attached hydrogens (tertiary/aromatic N) is 3. The Morgan fingerprint density at radius 3 is 2.61 bits per heavy atom. The van der Waals surface area contributed by atoms with Gasteiger partial charge in [-0.25, -0.2) is 4.98 Å². The van der Waals surface area contributed by atoms with Gasteiger partial charge in [0.15, 0.2) is 5.69 Å². The van der Waals surface area contributed by atoms with Crippen molar-refractivity contribution < 1.29 is 9.53 Å². The van der Waals surface area contributed by atoms with Crippen molar-refractivity contribution in [2.24, 2.45) is 0 Å². The van der Waals surface area contributed by atoms with Gasteiger partial charge in [-0.2, -0.15) is 0 Å². The molecule has 1 saturated heterocycles. The van der Waals surface area contributed by atoms with E-state index in [0.29, 0.717) is 12.3 Å². The Morgan fingerprint density at radius 1 is 1.00 bits per heavy atom. The topological polar surface area (TPSA) is 59.4 Å². The molecule has 0 bridgehead atoms. The molecular weight excluding hydrogens is 352 g/mol. The second kappa shape index (κ2) is 7.03. The Balaban J connectivity index is 1.34. The molecule has 1 fully saturated rings. The number of hydrogen-bond acceptors (Lipinski definition) is 4. The minimum absolute atomic E-state index is 0.220. The Labute approximate surface area is 163 Å². The molecule has 0 saturated carbocycles. The van der Waals surface area contributed by atoms with Crippen LogP contribution in [0.1, 0.15) is 35.4 Å². The van der Waals surface area contributed by atoms with E-state index >= 15 is 0 Å². The van der Waals surface area contributed by atoms with E-state index in [-0.39, 0.29) is 5.91 Å². The van der Waals surface area contributed by atoms with Gasteiger partial charge in [-0.3, -0.25) is 9.36 Å². The highest BCUT2D eigenvalue weighted by molar-refractivity contribution is 6.04. The van der Waals surface area contributed by atoms with E-state index < -0.39 is 0 Å². The lowest BCUT2D eigenvalue weighted by Crippen LogP contribution is -2.29. The normalized spacial score (nSPS) is 15.4. The molecule has 3 heterocycles. The number of benzene rings is 2. The van der Waals surface area contributed by atoms with Gasteiger partial charge in [0, 0.05) is 24.5 Å². The van der Waals surface area contributed by atoms with Crippen molar-refractivity contribution >= 4 is 17.3 Å². The average molecular weight is 374 g/mol. The second-order valence-electron chi connectivity index (χ2n) is 7.21. The van der Waals surface area contributed by atoms with Crippen molar-refractivity contribution in [2.75, 3.05) is 23.3 Å². The molecular formula is C22H22N4O2. The summed E-state index contributed by atoms with van der Waals surface area (Å²) in [5, 5.41) is 2.96. The Hall–Kier alpha value is -3.28. The zero-order valence-electron chi connectivity index (χ0n) is 15.6. The van der Waals surface area contributed by atoms with Crippen molar-refractivity contribution in [1.29, 1.82) is 0 Å². The summed E-state index contributed by atoms with van der Waals surface area (Å²) in [7, 11) is 0. The van der Waals surface area contributed by atoms with E-state index in [0.717, 1.165) is 35.9 Å². The molecule has 0 unspecified atom stereocenters. The number of amides is 1. The Morgan fingerprint density at radius 2 is 1.79 bits per heavy atom. The van der Waals surface area contributed by atoms with Crippen LogP contribution in [-0.2, 0) is 6.61 Å². The van der Waals surface area contributed by atoms with Crippen molar-refractivity contribution in [1.82, 2.24) is 9.55 Å². The lowest BCUT2D eigenvalue weighted by molar-refractivity contribution is 0.101. The molecule has 28 heavy (non-hydrogen) atoms. The van der Waals surface area contributed by atoms with E-state index in [4.69, 9.17) is 4.74 Å². The molecule has 2 aliphatic heterocycles. The van der Waals surface area contributed by atoms with Gasteiger partial charge in [-0.15, -0.1) is 0 Å². The lowest BCUT2D eigenvalue weighted by atomic mass is 10.1. The van der Waals surface area contributed by atoms with Crippen LogP contribution in [0.3, 0.4) is 0 Å². The number of anilines is 2. The zero-order chi connectivity index (χ0) is 18.9. The van der Waals surface area contributed by atoms with E-state index in [1.165, 1.54) is 24.9 Å². The fourth-order valence-electron chi connectivity index (χ4n) is 3.93. The van der Waals surface area contributed by atoms with E-state index in [1.54, 1.807) is 6.33 Å². The van der Waals surface area contributed by atoms with Crippen LogP contribution in [0.4, 0.5) is 11.4 Å². The molecule has 1 aromatic heterocycles. The summed E-state index contributed by atoms with van der Waals surface area (Å²) in [5.74, 6) is 0.579. The van der Waals surface area contributed by atoms with Crippen LogP contribution in [0.15, 0.2) is 54.9 Å². The van der Waals surface area contributed by atoms with Crippen LogP contribution < -0.4 is 15.0 Å². The summed E-state index contributed by atoms with van der Waals surface area (Å²) >= 11 is 0. The number of nitrogens with one attached hydrogen (secondary N) is 1. The highest BCUT2D eigenvalue weighted by atomic mass is 16.5. The van der Waals surface area contributed by atoms with Crippen molar-refractivity contribution in [2.45, 2.75) is 25.9 Å². The monoisotopic (exact) mass is 374 g/mol. The molecule has 3 aromatic rings. The quantitative estimate of drug-likeness (QED) is 0.753. The highest BCUT2D eigenvalue weighted by Gasteiger charge is 2.24. The molecule has 1 amide bonds. The summed E-state index contributed by atoms with van der Waals surface area (Å²) in [6.45, 7) is 2.54. The molecule has 142 valence electrons. The highest BCUT2D eigenvalue weighted by Crippen LogP contribution is 2.30. The number of fused-ring (bicyclic) bond motifs is 3. The van der Waals surface area contributed by atoms with Crippen molar-refractivity contribution in [3.63, 3.8) is 0 Å². The number of piperidine rings is 1. The maximum Gasteiger partial charge on any atom is 0.276 e. The second-order valence-corrected chi connectivity index (χ2v) is 7.21. The number of ether oxygens (including phenoxy) is 1. The fraction of sp³-hybridized carbons (Fsp3) is 0.273. The number of carbonyl (C=O) groups is 1. The first-order valence-electron chi connectivity index (χ1n) is 9.74. The van der Waals surface area contributed by atoms with Gasteiger partial charge in [0.1, 0.15) is 18.7 Å². The van der Waals surface area contributed by atoms with Gasteiger partial charge < -0.3 is 15.0 Å². The minimum Gasteiger partial charge on any atom is -0.485 e. The van der Waals surface area contributed by atoms with E-state index in [1.807, 2.05) is 41.0 Å². The first-order valence-corrected chi connectivity index (χ1v) is 9.74. The van der Waals surface area contributed by atoms with E-state index in [9.17, 15) is 4.79 Å². The van der Waals surface area contributed by atoms with Crippen molar-refractivity contribution in [3.8, 4) is 11.4 Å². The van der Waals surface area contributed by atoms with Crippen LogP contribution in [0.5, 0.6) is 5.75 Å².